The van der Waals surface area contributed by atoms with Crippen molar-refractivity contribution < 1.29 is 9.31 Å². The molecule has 0 aliphatic heterocycles. The van der Waals surface area contributed by atoms with Crippen LogP contribution in [-0.2, 0) is 13.1 Å². The summed E-state index contributed by atoms with van der Waals surface area (Å²) in [6.45, 7) is 3.90. The number of benzene rings is 2. The first-order valence-corrected chi connectivity index (χ1v) is 9.08. The monoisotopic (exact) mass is 389 g/mol. The second-order valence-electron chi connectivity index (χ2n) is 5.72. The van der Waals surface area contributed by atoms with Gasteiger partial charge in [0.25, 0.3) is 5.69 Å². The van der Waals surface area contributed by atoms with Crippen LogP contribution < -0.4 is 11.1 Å². The summed E-state index contributed by atoms with van der Waals surface area (Å²) in [6.07, 6.45) is 0. The molecule has 0 saturated heterocycles. The van der Waals surface area contributed by atoms with Gasteiger partial charge in [0.2, 0.25) is 0 Å². The van der Waals surface area contributed by atoms with Crippen molar-refractivity contribution in [1.82, 2.24) is 9.13 Å². The average molecular weight is 389 g/mol. The van der Waals surface area contributed by atoms with E-state index in [9.17, 15) is 24.1 Å². The summed E-state index contributed by atoms with van der Waals surface area (Å²) < 4.78 is 15.7. The van der Waals surface area contributed by atoms with E-state index in [1.165, 1.54) is 45.5 Å². The highest BCUT2D eigenvalue weighted by Gasteiger charge is 2.21. The van der Waals surface area contributed by atoms with E-state index in [4.69, 9.17) is 0 Å². The Balaban J connectivity index is 2.33. The fourth-order valence-corrected chi connectivity index (χ4v) is 3.85. The summed E-state index contributed by atoms with van der Waals surface area (Å²) in [5.74, 6) is -0.404. The summed E-state index contributed by atoms with van der Waals surface area (Å²) in [5.41, 5.74) is -0.781. The molecule has 0 aliphatic rings. The number of aromatic nitrogens is 2. The van der Waals surface area contributed by atoms with Crippen LogP contribution in [0.3, 0.4) is 0 Å². The van der Waals surface area contributed by atoms with Crippen LogP contribution in [-0.4, -0.2) is 14.1 Å². The molecule has 0 aliphatic carbocycles. The summed E-state index contributed by atoms with van der Waals surface area (Å²) in [5, 5.41) is 11.6. The highest BCUT2D eigenvalue weighted by Crippen LogP contribution is 2.37. The third-order valence-corrected chi connectivity index (χ3v) is 5.24. The summed E-state index contributed by atoms with van der Waals surface area (Å²) in [7, 11) is 0. The van der Waals surface area contributed by atoms with Crippen LogP contribution in [0.5, 0.6) is 0 Å². The minimum atomic E-state index is -0.708. The van der Waals surface area contributed by atoms with Crippen LogP contribution in [0.1, 0.15) is 13.8 Å². The Bertz CT molecular complexity index is 1150. The predicted octanol–water partition coefficient (Wildman–Crippen LogP) is 3.40. The predicted molar refractivity (Wildman–Crippen MR) is 101 cm³/mol. The Kier molecular flexibility index (Phi) is 5.13. The van der Waals surface area contributed by atoms with Gasteiger partial charge in [-0.1, -0.05) is 11.8 Å². The highest BCUT2D eigenvalue weighted by atomic mass is 32.2. The number of nitrogens with zero attached hydrogens (tertiary/aromatic N) is 3. The van der Waals surface area contributed by atoms with E-state index < -0.39 is 21.9 Å². The van der Waals surface area contributed by atoms with Gasteiger partial charge in [-0.2, -0.15) is 0 Å². The van der Waals surface area contributed by atoms with Crippen molar-refractivity contribution in [3.05, 3.63) is 73.0 Å². The van der Waals surface area contributed by atoms with E-state index in [2.05, 4.69) is 0 Å². The molecule has 0 saturated carbocycles. The molecule has 0 N–H and O–H groups in total. The first-order chi connectivity index (χ1) is 12.9. The molecular formula is C18H16FN3O4S. The smallest absolute Gasteiger partial charge is 0.302 e. The average Bonchev–Trinajstić information content (AvgIpc) is 2.64. The highest BCUT2D eigenvalue weighted by molar-refractivity contribution is 7.99. The van der Waals surface area contributed by atoms with E-state index in [1.54, 1.807) is 13.8 Å². The maximum Gasteiger partial charge on any atom is 0.316 e. The van der Waals surface area contributed by atoms with Crippen molar-refractivity contribution in [1.29, 1.82) is 0 Å². The lowest BCUT2D eigenvalue weighted by Gasteiger charge is -2.14. The van der Waals surface area contributed by atoms with Crippen molar-refractivity contribution in [3.8, 4) is 0 Å². The van der Waals surface area contributed by atoms with Crippen LogP contribution in [0.15, 0.2) is 55.8 Å². The fourth-order valence-electron chi connectivity index (χ4n) is 2.91. The van der Waals surface area contributed by atoms with Crippen LogP contribution in [0.4, 0.5) is 10.1 Å². The van der Waals surface area contributed by atoms with Crippen LogP contribution in [0.2, 0.25) is 0 Å². The molecule has 0 fully saturated rings. The minimum Gasteiger partial charge on any atom is -0.302 e. The van der Waals surface area contributed by atoms with Gasteiger partial charge in [-0.25, -0.2) is 4.39 Å². The van der Waals surface area contributed by atoms with Crippen LogP contribution in [0.25, 0.3) is 11.0 Å². The lowest BCUT2D eigenvalue weighted by molar-refractivity contribution is -0.387. The van der Waals surface area contributed by atoms with Crippen molar-refractivity contribution in [3.63, 3.8) is 0 Å². The molecule has 140 valence electrons. The van der Waals surface area contributed by atoms with E-state index in [-0.39, 0.29) is 18.8 Å². The number of hydrogen-bond acceptors (Lipinski definition) is 5. The first kappa shape index (κ1) is 18.8. The van der Waals surface area contributed by atoms with Crippen molar-refractivity contribution in [2.75, 3.05) is 0 Å². The molecule has 2 aromatic carbocycles. The van der Waals surface area contributed by atoms with E-state index >= 15 is 0 Å². The van der Waals surface area contributed by atoms with Gasteiger partial charge in [0.1, 0.15) is 5.82 Å². The quantitative estimate of drug-likeness (QED) is 0.379. The molecule has 0 unspecified atom stereocenters. The molecule has 1 heterocycles. The zero-order valence-electron chi connectivity index (χ0n) is 14.6. The molecule has 0 spiro atoms. The molecule has 3 aromatic rings. The standard InChI is InChI=1S/C18H16FN3O4S/c1-3-20-13-9-15(22(25)26)16(27-12-7-5-11(19)6-8-12)10-14(13)21(4-2)18(24)17(20)23/h5-10H,3-4H2,1-2H3. The van der Waals surface area contributed by atoms with Crippen LogP contribution >= 0.6 is 11.8 Å². The molecule has 1 aromatic heterocycles. The maximum atomic E-state index is 13.1. The van der Waals surface area contributed by atoms with Gasteiger partial charge in [-0.05, 0) is 44.2 Å². The Morgan fingerprint density at radius 3 is 2.00 bits per heavy atom. The van der Waals surface area contributed by atoms with Crippen LogP contribution in [0, 0.1) is 15.9 Å². The zero-order valence-corrected chi connectivity index (χ0v) is 15.5. The van der Waals surface area contributed by atoms with Crippen molar-refractivity contribution in [2.45, 2.75) is 36.7 Å². The number of fused-ring (bicyclic) bond motifs is 1. The zero-order chi connectivity index (χ0) is 19.7. The topological polar surface area (TPSA) is 87.1 Å². The number of nitro benzene ring substituents is 1. The van der Waals surface area contributed by atoms with E-state index in [1.807, 2.05) is 0 Å². The Hall–Kier alpha value is -2.94. The second-order valence-corrected chi connectivity index (χ2v) is 6.84. The first-order valence-electron chi connectivity index (χ1n) is 8.26. The summed E-state index contributed by atoms with van der Waals surface area (Å²) in [4.78, 5) is 36.7. The lowest BCUT2D eigenvalue weighted by atomic mass is 10.2. The van der Waals surface area contributed by atoms with Gasteiger partial charge >= 0.3 is 11.1 Å². The molecule has 9 heteroatoms. The molecule has 7 nitrogen and oxygen atoms in total. The molecule has 27 heavy (non-hydrogen) atoms. The summed E-state index contributed by atoms with van der Waals surface area (Å²) >= 11 is 1.10. The Morgan fingerprint density at radius 2 is 1.52 bits per heavy atom. The molecule has 0 bridgehead atoms. The lowest BCUT2D eigenvalue weighted by Crippen LogP contribution is -2.41. The van der Waals surface area contributed by atoms with Gasteiger partial charge in [-0.15, -0.1) is 0 Å². The SMILES string of the molecule is CCn1c(=O)c(=O)n(CC)c2cc([N+](=O)[O-])c(Sc3ccc(F)cc3)cc21. The molecular weight excluding hydrogens is 373 g/mol. The number of aryl methyl sites for hydroxylation is 2. The van der Waals surface area contributed by atoms with Gasteiger partial charge in [0.15, 0.2) is 0 Å². The van der Waals surface area contributed by atoms with Gasteiger partial charge in [0.05, 0.1) is 20.9 Å². The van der Waals surface area contributed by atoms with E-state index in [0.717, 1.165) is 11.8 Å². The van der Waals surface area contributed by atoms with Crippen molar-refractivity contribution in [2.24, 2.45) is 0 Å². The second kappa shape index (κ2) is 7.36. The van der Waals surface area contributed by atoms with Gasteiger partial charge in [0, 0.05) is 24.1 Å². The largest absolute Gasteiger partial charge is 0.316 e. The van der Waals surface area contributed by atoms with Gasteiger partial charge in [-0.3, -0.25) is 19.7 Å². The minimum absolute atomic E-state index is 0.181. The molecule has 0 atom stereocenters. The third-order valence-electron chi connectivity index (χ3n) is 4.18. The number of nitro groups is 1. The fraction of sp³-hybridized carbons (Fsp3) is 0.222. The molecule has 0 amide bonds. The summed E-state index contributed by atoms with van der Waals surface area (Å²) in [6, 6.07) is 8.44. The number of halogens is 1. The normalized spacial score (nSPS) is 11.1. The van der Waals surface area contributed by atoms with Gasteiger partial charge < -0.3 is 9.13 Å². The number of hydrogen-bond donors (Lipinski definition) is 0. The maximum absolute atomic E-state index is 13.1. The van der Waals surface area contributed by atoms with Crippen molar-refractivity contribution >= 4 is 28.5 Å². The molecule has 3 rings (SSSR count). The Labute approximate surface area is 157 Å². The molecule has 0 radical (unpaired) electrons. The Morgan fingerprint density at radius 1 is 1.00 bits per heavy atom. The third kappa shape index (κ3) is 3.37. The number of rotatable bonds is 5. The van der Waals surface area contributed by atoms with E-state index in [0.29, 0.717) is 20.8 Å².